The molecular formula is C23H19N3O2S. The molecule has 0 saturated heterocycles. The van der Waals surface area contributed by atoms with Crippen LogP contribution in [0.5, 0.6) is 17.2 Å². The van der Waals surface area contributed by atoms with Crippen molar-refractivity contribution in [3.05, 3.63) is 89.8 Å². The molecule has 1 aromatic heterocycles. The maximum Gasteiger partial charge on any atom is 0.203 e. The van der Waals surface area contributed by atoms with Crippen molar-refractivity contribution >= 4 is 22.7 Å². The third kappa shape index (κ3) is 5.00. The largest absolute Gasteiger partial charge is 0.497 e. The molecule has 1 heterocycles. The Morgan fingerprint density at radius 1 is 0.897 bits per heavy atom. The summed E-state index contributed by atoms with van der Waals surface area (Å²) in [4.78, 5) is 4.57. The number of anilines is 1. The zero-order valence-corrected chi connectivity index (χ0v) is 16.6. The van der Waals surface area contributed by atoms with Gasteiger partial charge in [0.25, 0.3) is 0 Å². The number of hydrogen-bond acceptors (Lipinski definition) is 6. The van der Waals surface area contributed by atoms with Gasteiger partial charge in [0.2, 0.25) is 5.13 Å². The van der Waals surface area contributed by atoms with E-state index in [1.165, 1.54) is 11.3 Å². The van der Waals surface area contributed by atoms with Crippen LogP contribution in [0.3, 0.4) is 0 Å². The van der Waals surface area contributed by atoms with Crippen molar-refractivity contribution in [2.45, 2.75) is 0 Å². The summed E-state index contributed by atoms with van der Waals surface area (Å²) in [7, 11) is 1.65. The highest BCUT2D eigenvalue weighted by molar-refractivity contribution is 7.14. The number of hydrazone groups is 1. The van der Waals surface area contributed by atoms with Gasteiger partial charge in [0, 0.05) is 10.9 Å². The number of hydrogen-bond donors (Lipinski definition) is 1. The highest BCUT2D eigenvalue weighted by Gasteiger charge is 2.04. The Labute approximate surface area is 173 Å². The Kier molecular flexibility index (Phi) is 5.83. The fraction of sp³-hybridized carbons (Fsp3) is 0.0435. The fourth-order valence-corrected chi connectivity index (χ4v) is 3.33. The molecule has 4 rings (SSSR count). The number of aromatic nitrogens is 1. The number of ether oxygens (including phenoxy) is 2. The molecule has 0 aliphatic rings. The number of methoxy groups -OCH3 is 1. The van der Waals surface area contributed by atoms with E-state index in [1.54, 1.807) is 13.3 Å². The van der Waals surface area contributed by atoms with Crippen molar-refractivity contribution in [3.8, 4) is 28.5 Å². The van der Waals surface area contributed by atoms with Crippen LogP contribution in [0.1, 0.15) is 5.56 Å². The molecule has 0 aliphatic heterocycles. The minimum absolute atomic E-state index is 0.726. The smallest absolute Gasteiger partial charge is 0.203 e. The van der Waals surface area contributed by atoms with Gasteiger partial charge in [0.05, 0.1) is 19.0 Å². The van der Waals surface area contributed by atoms with E-state index in [1.807, 2.05) is 84.2 Å². The zero-order chi connectivity index (χ0) is 19.9. The monoisotopic (exact) mass is 401 g/mol. The standard InChI is InChI=1S/C23H19N3O2S/c1-27-19-12-10-18(11-13-19)22-16-29-23(25-22)26-24-15-17-6-5-9-21(14-17)28-20-7-3-2-4-8-20/h2-16H,1H3,(H,25,26)/b24-15+. The Morgan fingerprint density at radius 3 is 2.48 bits per heavy atom. The second-order valence-electron chi connectivity index (χ2n) is 6.12. The number of benzene rings is 3. The molecule has 0 fully saturated rings. The van der Waals surface area contributed by atoms with Gasteiger partial charge >= 0.3 is 0 Å². The van der Waals surface area contributed by atoms with Crippen molar-refractivity contribution in [2.24, 2.45) is 5.10 Å². The van der Waals surface area contributed by atoms with Crippen LogP contribution in [-0.4, -0.2) is 18.3 Å². The summed E-state index contributed by atoms with van der Waals surface area (Å²) < 4.78 is 11.0. The normalized spacial score (nSPS) is 10.8. The van der Waals surface area contributed by atoms with E-state index in [0.717, 1.165) is 39.2 Å². The summed E-state index contributed by atoms with van der Waals surface area (Å²) in [5, 5.41) is 7.01. The summed E-state index contributed by atoms with van der Waals surface area (Å²) in [6.45, 7) is 0. The van der Waals surface area contributed by atoms with Crippen molar-refractivity contribution < 1.29 is 9.47 Å². The molecule has 0 aliphatic carbocycles. The first-order chi connectivity index (χ1) is 14.3. The molecular weight excluding hydrogens is 382 g/mol. The average Bonchev–Trinajstić information content (AvgIpc) is 3.24. The van der Waals surface area contributed by atoms with E-state index in [0.29, 0.717) is 0 Å². The van der Waals surface area contributed by atoms with Gasteiger partial charge in [-0.05, 0) is 54.1 Å². The number of rotatable bonds is 7. The van der Waals surface area contributed by atoms with E-state index >= 15 is 0 Å². The van der Waals surface area contributed by atoms with Crippen LogP contribution >= 0.6 is 11.3 Å². The first kappa shape index (κ1) is 18.7. The van der Waals surface area contributed by atoms with E-state index in [4.69, 9.17) is 9.47 Å². The second-order valence-corrected chi connectivity index (χ2v) is 6.98. The van der Waals surface area contributed by atoms with E-state index in [9.17, 15) is 0 Å². The summed E-state index contributed by atoms with van der Waals surface area (Å²) in [5.41, 5.74) is 5.84. The Balaban J connectivity index is 1.39. The predicted molar refractivity (Wildman–Crippen MR) is 118 cm³/mol. The van der Waals surface area contributed by atoms with Gasteiger partial charge in [-0.15, -0.1) is 11.3 Å². The SMILES string of the molecule is COc1ccc(-c2csc(N/N=C/c3cccc(Oc4ccccc4)c3)n2)cc1. The van der Waals surface area contributed by atoms with Gasteiger partial charge in [-0.1, -0.05) is 30.3 Å². The molecule has 0 radical (unpaired) electrons. The first-order valence-corrected chi connectivity index (χ1v) is 9.90. The van der Waals surface area contributed by atoms with Crippen LogP contribution in [0.15, 0.2) is 89.3 Å². The lowest BCUT2D eigenvalue weighted by molar-refractivity contribution is 0.415. The summed E-state index contributed by atoms with van der Waals surface area (Å²) in [6, 6.07) is 25.3. The van der Waals surface area contributed by atoms with Crippen molar-refractivity contribution in [1.82, 2.24) is 4.98 Å². The van der Waals surface area contributed by atoms with E-state index in [2.05, 4.69) is 15.5 Å². The molecule has 6 heteroatoms. The zero-order valence-electron chi connectivity index (χ0n) is 15.8. The maximum atomic E-state index is 5.85. The molecule has 0 atom stereocenters. The van der Waals surface area contributed by atoms with Gasteiger partial charge < -0.3 is 9.47 Å². The Bertz CT molecular complexity index is 1090. The maximum absolute atomic E-state index is 5.85. The van der Waals surface area contributed by atoms with Gasteiger partial charge in [-0.25, -0.2) is 4.98 Å². The average molecular weight is 401 g/mol. The molecule has 144 valence electrons. The molecule has 4 aromatic rings. The van der Waals surface area contributed by atoms with Crippen LogP contribution in [0, 0.1) is 0 Å². The minimum atomic E-state index is 0.726. The minimum Gasteiger partial charge on any atom is -0.497 e. The third-order valence-electron chi connectivity index (χ3n) is 4.10. The van der Waals surface area contributed by atoms with Crippen molar-refractivity contribution in [2.75, 3.05) is 12.5 Å². The molecule has 1 N–H and O–H groups in total. The van der Waals surface area contributed by atoms with Crippen LogP contribution in [-0.2, 0) is 0 Å². The Hall–Kier alpha value is -3.64. The molecule has 0 unspecified atom stereocenters. The van der Waals surface area contributed by atoms with Crippen molar-refractivity contribution in [1.29, 1.82) is 0 Å². The van der Waals surface area contributed by atoms with Gasteiger partial charge in [0.15, 0.2) is 0 Å². The van der Waals surface area contributed by atoms with E-state index < -0.39 is 0 Å². The predicted octanol–water partition coefficient (Wildman–Crippen LogP) is 6.06. The van der Waals surface area contributed by atoms with Gasteiger partial charge in [-0.3, -0.25) is 5.43 Å². The van der Waals surface area contributed by atoms with E-state index in [-0.39, 0.29) is 0 Å². The summed E-state index contributed by atoms with van der Waals surface area (Å²) in [6.07, 6.45) is 1.74. The highest BCUT2D eigenvalue weighted by Crippen LogP contribution is 2.26. The Morgan fingerprint density at radius 2 is 1.69 bits per heavy atom. The van der Waals surface area contributed by atoms with Crippen molar-refractivity contribution in [3.63, 3.8) is 0 Å². The summed E-state index contributed by atoms with van der Waals surface area (Å²) >= 11 is 1.50. The lowest BCUT2D eigenvalue weighted by Gasteiger charge is -2.05. The lowest BCUT2D eigenvalue weighted by Crippen LogP contribution is -1.91. The molecule has 0 amide bonds. The quantitative estimate of drug-likeness (QED) is 0.302. The molecule has 29 heavy (non-hydrogen) atoms. The van der Waals surface area contributed by atoms with Crippen LogP contribution in [0.25, 0.3) is 11.3 Å². The molecule has 5 nitrogen and oxygen atoms in total. The summed E-state index contributed by atoms with van der Waals surface area (Å²) in [5.74, 6) is 2.38. The fourth-order valence-electron chi connectivity index (χ4n) is 2.66. The van der Waals surface area contributed by atoms with Gasteiger partial charge in [0.1, 0.15) is 17.2 Å². The first-order valence-electron chi connectivity index (χ1n) is 9.02. The second kappa shape index (κ2) is 9.03. The molecule has 0 bridgehead atoms. The lowest BCUT2D eigenvalue weighted by atomic mass is 10.2. The topological polar surface area (TPSA) is 55.7 Å². The van der Waals surface area contributed by atoms with Crippen LogP contribution in [0.2, 0.25) is 0 Å². The number of thiazole rings is 1. The number of nitrogens with zero attached hydrogens (tertiary/aromatic N) is 2. The number of para-hydroxylation sites is 1. The van der Waals surface area contributed by atoms with Crippen LogP contribution < -0.4 is 14.9 Å². The number of nitrogens with one attached hydrogen (secondary N) is 1. The van der Waals surface area contributed by atoms with Crippen LogP contribution in [0.4, 0.5) is 5.13 Å². The third-order valence-corrected chi connectivity index (χ3v) is 4.85. The highest BCUT2D eigenvalue weighted by atomic mass is 32.1. The van der Waals surface area contributed by atoms with Gasteiger partial charge in [-0.2, -0.15) is 5.10 Å². The molecule has 3 aromatic carbocycles. The molecule has 0 spiro atoms. The molecule has 0 saturated carbocycles.